The van der Waals surface area contributed by atoms with Crippen molar-refractivity contribution in [3.63, 3.8) is 0 Å². The van der Waals surface area contributed by atoms with Gasteiger partial charge in [0.25, 0.3) is 5.91 Å². The van der Waals surface area contributed by atoms with Gasteiger partial charge >= 0.3 is 0 Å². The van der Waals surface area contributed by atoms with Gasteiger partial charge in [0.2, 0.25) is 0 Å². The Morgan fingerprint density at radius 2 is 1.92 bits per heavy atom. The van der Waals surface area contributed by atoms with Crippen LogP contribution in [0.3, 0.4) is 0 Å². The fraction of sp³-hybridized carbons (Fsp3) is 0.105. The van der Waals surface area contributed by atoms with Gasteiger partial charge < -0.3 is 5.11 Å². The maximum Gasteiger partial charge on any atom is 0.286 e. The molecule has 1 aliphatic heterocycles. The fourth-order valence-electron chi connectivity index (χ4n) is 2.27. The number of thioether (sulfide) groups is 1. The predicted octanol–water partition coefficient (Wildman–Crippen LogP) is 4.19. The summed E-state index contributed by atoms with van der Waals surface area (Å²) in [6, 6.07) is 14.8. The van der Waals surface area contributed by atoms with Crippen molar-refractivity contribution in [3.05, 3.63) is 70.1 Å². The first-order chi connectivity index (χ1) is 12.1. The Balaban J connectivity index is 1.79. The monoisotopic (exact) mass is 368 g/mol. The molecule has 0 atom stereocenters. The topological polar surface area (TPSA) is 52.9 Å². The van der Waals surface area contributed by atoms with E-state index < -0.39 is 0 Å². The minimum atomic E-state index is -0.292. The smallest absolute Gasteiger partial charge is 0.286 e. The molecule has 1 amide bonds. The van der Waals surface area contributed by atoms with E-state index in [0.717, 1.165) is 12.0 Å². The first kappa shape index (κ1) is 17.4. The van der Waals surface area contributed by atoms with Crippen molar-refractivity contribution in [2.75, 3.05) is 0 Å². The molecule has 1 aliphatic rings. The van der Waals surface area contributed by atoms with Gasteiger partial charge in [-0.05, 0) is 41.9 Å². The van der Waals surface area contributed by atoms with Crippen LogP contribution in [-0.2, 0) is 11.2 Å². The molecule has 6 heteroatoms. The van der Waals surface area contributed by atoms with Crippen LogP contribution in [-0.4, -0.2) is 26.6 Å². The van der Waals surface area contributed by atoms with Crippen molar-refractivity contribution in [3.8, 4) is 5.75 Å². The minimum Gasteiger partial charge on any atom is -0.507 e. The van der Waals surface area contributed by atoms with Gasteiger partial charge in [0.05, 0.1) is 11.1 Å². The molecular weight excluding hydrogens is 352 g/mol. The maximum atomic E-state index is 12.5. The molecule has 1 saturated heterocycles. The molecule has 1 N–H and O–H groups in total. The molecular formula is C19H16N2O2S2. The van der Waals surface area contributed by atoms with E-state index in [-0.39, 0.29) is 11.7 Å². The number of phenols is 1. The van der Waals surface area contributed by atoms with Gasteiger partial charge in [0, 0.05) is 5.56 Å². The molecule has 0 saturated carbocycles. The van der Waals surface area contributed by atoms with Crippen LogP contribution in [0.1, 0.15) is 23.6 Å². The summed E-state index contributed by atoms with van der Waals surface area (Å²) < 4.78 is 0.369. The van der Waals surface area contributed by atoms with Gasteiger partial charge in [-0.2, -0.15) is 10.1 Å². The number of carbonyl (C=O) groups is 1. The molecule has 0 spiro atoms. The highest BCUT2D eigenvalue weighted by molar-refractivity contribution is 8.26. The lowest BCUT2D eigenvalue weighted by molar-refractivity contribution is -0.122. The highest BCUT2D eigenvalue weighted by Crippen LogP contribution is 2.34. The van der Waals surface area contributed by atoms with E-state index in [9.17, 15) is 9.90 Å². The Kier molecular flexibility index (Phi) is 5.31. The van der Waals surface area contributed by atoms with E-state index in [1.54, 1.807) is 36.6 Å². The Hall–Kier alpha value is -2.44. The molecule has 4 nitrogen and oxygen atoms in total. The summed E-state index contributed by atoms with van der Waals surface area (Å²) in [4.78, 5) is 12.9. The van der Waals surface area contributed by atoms with E-state index in [2.05, 4.69) is 12.0 Å². The second-order valence-electron chi connectivity index (χ2n) is 5.39. The fourth-order valence-corrected chi connectivity index (χ4v) is 3.44. The Morgan fingerprint density at radius 1 is 1.20 bits per heavy atom. The number of aromatic hydroxyl groups is 1. The van der Waals surface area contributed by atoms with Crippen LogP contribution in [0, 0.1) is 0 Å². The minimum absolute atomic E-state index is 0.118. The number of para-hydroxylation sites is 1. The van der Waals surface area contributed by atoms with Crippen LogP contribution in [0.2, 0.25) is 0 Å². The molecule has 126 valence electrons. The van der Waals surface area contributed by atoms with Gasteiger partial charge in [-0.25, -0.2) is 0 Å². The number of hydrazone groups is 1. The lowest BCUT2D eigenvalue weighted by atomic mass is 10.1. The molecule has 0 bridgehead atoms. The highest BCUT2D eigenvalue weighted by atomic mass is 32.2. The Labute approximate surface area is 155 Å². The second-order valence-corrected chi connectivity index (χ2v) is 7.07. The highest BCUT2D eigenvalue weighted by Gasteiger charge is 2.32. The molecule has 1 heterocycles. The third kappa shape index (κ3) is 3.97. The van der Waals surface area contributed by atoms with Crippen molar-refractivity contribution in [2.24, 2.45) is 5.10 Å². The van der Waals surface area contributed by atoms with E-state index in [0.29, 0.717) is 14.8 Å². The standard InChI is InChI=1S/C19H16N2O2S2/c1-2-13-7-9-14(10-8-13)12-20-21-18(23)17(25-19(21)24)11-15-5-3-4-6-16(15)22/h3-12,22H,2H2,1H3/b17-11+,20-12+. The van der Waals surface area contributed by atoms with Crippen molar-refractivity contribution < 1.29 is 9.90 Å². The summed E-state index contributed by atoms with van der Waals surface area (Å²) in [5.41, 5.74) is 2.71. The van der Waals surface area contributed by atoms with Crippen LogP contribution < -0.4 is 0 Å². The zero-order valence-electron chi connectivity index (χ0n) is 13.5. The molecule has 0 aromatic heterocycles. The van der Waals surface area contributed by atoms with Crippen LogP contribution in [0.5, 0.6) is 5.75 Å². The van der Waals surface area contributed by atoms with Crippen molar-refractivity contribution >= 4 is 46.5 Å². The number of phenolic OH excluding ortho intramolecular Hbond substituents is 1. The summed E-state index contributed by atoms with van der Waals surface area (Å²) in [6.45, 7) is 2.10. The van der Waals surface area contributed by atoms with Crippen LogP contribution >= 0.6 is 24.0 Å². The SMILES string of the molecule is CCc1ccc(/C=N/N2C(=O)/C(=C\c3ccccc3O)SC2=S)cc1. The number of nitrogens with zero attached hydrogens (tertiary/aromatic N) is 2. The van der Waals surface area contributed by atoms with E-state index >= 15 is 0 Å². The first-order valence-corrected chi connectivity index (χ1v) is 9.00. The lowest BCUT2D eigenvalue weighted by Gasteiger charge is -2.06. The van der Waals surface area contributed by atoms with Crippen molar-refractivity contribution in [2.45, 2.75) is 13.3 Å². The second kappa shape index (κ2) is 7.63. The zero-order valence-corrected chi connectivity index (χ0v) is 15.2. The Morgan fingerprint density at radius 3 is 2.60 bits per heavy atom. The number of carbonyl (C=O) groups excluding carboxylic acids is 1. The van der Waals surface area contributed by atoms with Crippen LogP contribution in [0.15, 0.2) is 58.5 Å². The van der Waals surface area contributed by atoms with Crippen LogP contribution in [0.25, 0.3) is 6.08 Å². The molecule has 0 aliphatic carbocycles. The van der Waals surface area contributed by atoms with E-state index in [1.807, 2.05) is 24.3 Å². The number of benzene rings is 2. The lowest BCUT2D eigenvalue weighted by Crippen LogP contribution is -2.22. The van der Waals surface area contributed by atoms with Crippen molar-refractivity contribution in [1.82, 2.24) is 5.01 Å². The average Bonchev–Trinajstić information content (AvgIpc) is 2.89. The molecule has 1 fully saturated rings. The van der Waals surface area contributed by atoms with E-state index in [1.165, 1.54) is 22.3 Å². The third-order valence-electron chi connectivity index (χ3n) is 3.71. The summed E-state index contributed by atoms with van der Waals surface area (Å²) >= 11 is 6.42. The van der Waals surface area contributed by atoms with E-state index in [4.69, 9.17) is 12.2 Å². The summed E-state index contributed by atoms with van der Waals surface area (Å²) in [5, 5.41) is 15.3. The first-order valence-electron chi connectivity index (χ1n) is 7.77. The van der Waals surface area contributed by atoms with Gasteiger partial charge in [0.15, 0.2) is 4.32 Å². The molecule has 25 heavy (non-hydrogen) atoms. The molecule has 2 aromatic rings. The quantitative estimate of drug-likeness (QED) is 0.499. The number of hydrogen-bond acceptors (Lipinski definition) is 5. The maximum absolute atomic E-state index is 12.5. The summed E-state index contributed by atoms with van der Waals surface area (Å²) in [5.74, 6) is -0.174. The number of aryl methyl sites for hydroxylation is 1. The molecule has 0 unspecified atom stereocenters. The predicted molar refractivity (Wildman–Crippen MR) is 107 cm³/mol. The largest absolute Gasteiger partial charge is 0.507 e. The zero-order chi connectivity index (χ0) is 17.8. The molecule has 0 radical (unpaired) electrons. The normalized spacial score (nSPS) is 16.4. The number of rotatable bonds is 4. The van der Waals surface area contributed by atoms with Crippen molar-refractivity contribution in [1.29, 1.82) is 0 Å². The summed E-state index contributed by atoms with van der Waals surface area (Å²) in [7, 11) is 0. The number of hydrogen-bond donors (Lipinski definition) is 1. The van der Waals surface area contributed by atoms with Gasteiger partial charge in [0.1, 0.15) is 5.75 Å². The number of thiocarbonyl (C=S) groups is 1. The molecule has 3 rings (SSSR count). The average molecular weight is 368 g/mol. The van der Waals surface area contributed by atoms with Crippen LogP contribution in [0.4, 0.5) is 0 Å². The third-order valence-corrected chi connectivity index (χ3v) is 4.99. The number of amides is 1. The van der Waals surface area contributed by atoms with Gasteiger partial charge in [-0.3, -0.25) is 4.79 Å². The van der Waals surface area contributed by atoms with Gasteiger partial charge in [-0.15, -0.1) is 0 Å². The molecule has 2 aromatic carbocycles. The Bertz CT molecular complexity index is 873. The van der Waals surface area contributed by atoms with Gasteiger partial charge in [-0.1, -0.05) is 61.2 Å². The summed E-state index contributed by atoms with van der Waals surface area (Å²) in [6.07, 6.45) is 4.22.